The molecule has 1 aromatic carbocycles. The van der Waals surface area contributed by atoms with E-state index in [0.717, 1.165) is 24.8 Å². The quantitative estimate of drug-likeness (QED) is 0.246. The van der Waals surface area contributed by atoms with Crippen molar-refractivity contribution in [2.24, 2.45) is 0 Å². The Labute approximate surface area is 169 Å². The molecule has 4 nitrogen and oxygen atoms in total. The second-order valence-electron chi connectivity index (χ2n) is 6.82. The number of hydrogen-bond acceptors (Lipinski definition) is 4. The van der Waals surface area contributed by atoms with Gasteiger partial charge in [-0.1, -0.05) is 30.2 Å². The molecule has 154 valence electrons. The van der Waals surface area contributed by atoms with E-state index >= 15 is 0 Å². The molecule has 0 aliphatic heterocycles. The van der Waals surface area contributed by atoms with Gasteiger partial charge in [0.05, 0.1) is 13.2 Å². The molecule has 0 aliphatic rings. The predicted octanol–water partition coefficient (Wildman–Crippen LogP) is 6.12. The van der Waals surface area contributed by atoms with Crippen LogP contribution in [-0.4, -0.2) is 25.8 Å². The van der Waals surface area contributed by atoms with Crippen LogP contribution in [0.1, 0.15) is 59.4 Å². The maximum absolute atomic E-state index is 11.9. The number of esters is 1. The molecule has 0 spiro atoms. The van der Waals surface area contributed by atoms with E-state index in [0.29, 0.717) is 24.7 Å². The van der Waals surface area contributed by atoms with Crippen molar-refractivity contribution in [1.29, 1.82) is 0 Å². The standard InChI is InChI=1S/C24H34O4/c1-6-16-27-23-18-21(11-13-22(23)26-7-2)12-14-24(25)28-17-15-20(5)10-8-9-19(3)4/h9,11-15,18H,6-8,10,16-17H2,1-5H3. The molecule has 0 aliphatic carbocycles. The highest BCUT2D eigenvalue weighted by Gasteiger charge is 2.05. The molecule has 0 saturated heterocycles. The van der Waals surface area contributed by atoms with E-state index < -0.39 is 0 Å². The summed E-state index contributed by atoms with van der Waals surface area (Å²) in [6, 6.07) is 5.62. The summed E-state index contributed by atoms with van der Waals surface area (Å²) < 4.78 is 16.6. The maximum atomic E-state index is 11.9. The number of ether oxygens (including phenoxy) is 3. The third-order valence-corrected chi connectivity index (χ3v) is 3.89. The Kier molecular flexibility index (Phi) is 11.5. The molecule has 0 heterocycles. The van der Waals surface area contributed by atoms with Crippen LogP contribution in [0.5, 0.6) is 11.5 Å². The summed E-state index contributed by atoms with van der Waals surface area (Å²) >= 11 is 0. The molecule has 0 fully saturated rings. The lowest BCUT2D eigenvalue weighted by molar-refractivity contribution is -0.136. The summed E-state index contributed by atoms with van der Waals surface area (Å²) in [5.74, 6) is 1.04. The lowest BCUT2D eigenvalue weighted by atomic mass is 10.1. The van der Waals surface area contributed by atoms with Gasteiger partial charge in [0.15, 0.2) is 11.5 Å². The second kappa shape index (κ2) is 13.6. The van der Waals surface area contributed by atoms with Gasteiger partial charge in [0, 0.05) is 6.08 Å². The van der Waals surface area contributed by atoms with Gasteiger partial charge in [-0.3, -0.25) is 0 Å². The van der Waals surface area contributed by atoms with Gasteiger partial charge in [0.25, 0.3) is 0 Å². The first-order valence-electron chi connectivity index (χ1n) is 9.99. The largest absolute Gasteiger partial charge is 0.490 e. The Morgan fingerprint density at radius 1 is 1.04 bits per heavy atom. The zero-order chi connectivity index (χ0) is 20.8. The first-order chi connectivity index (χ1) is 13.5. The minimum atomic E-state index is -0.363. The van der Waals surface area contributed by atoms with E-state index in [4.69, 9.17) is 14.2 Å². The first-order valence-corrected chi connectivity index (χ1v) is 9.99. The fourth-order valence-corrected chi connectivity index (χ4v) is 2.40. The molecule has 0 atom stereocenters. The molecule has 0 aromatic heterocycles. The Morgan fingerprint density at radius 3 is 2.50 bits per heavy atom. The van der Waals surface area contributed by atoms with Gasteiger partial charge < -0.3 is 14.2 Å². The molecule has 0 N–H and O–H groups in total. The molecule has 0 bridgehead atoms. The van der Waals surface area contributed by atoms with Crippen LogP contribution in [-0.2, 0) is 9.53 Å². The fraction of sp³-hybridized carbons (Fsp3) is 0.458. The first kappa shape index (κ1) is 23.5. The monoisotopic (exact) mass is 386 g/mol. The van der Waals surface area contributed by atoms with Crippen LogP contribution >= 0.6 is 0 Å². The van der Waals surface area contributed by atoms with Crippen molar-refractivity contribution < 1.29 is 19.0 Å². The molecule has 0 radical (unpaired) electrons. The highest BCUT2D eigenvalue weighted by atomic mass is 16.5. The molecule has 1 aromatic rings. The summed E-state index contributed by atoms with van der Waals surface area (Å²) in [5, 5.41) is 0. The predicted molar refractivity (Wildman–Crippen MR) is 116 cm³/mol. The third kappa shape index (κ3) is 10.0. The van der Waals surface area contributed by atoms with E-state index in [1.54, 1.807) is 6.08 Å². The van der Waals surface area contributed by atoms with Crippen molar-refractivity contribution >= 4 is 12.0 Å². The Balaban J connectivity index is 2.57. The van der Waals surface area contributed by atoms with Crippen molar-refractivity contribution in [2.75, 3.05) is 19.8 Å². The molecule has 0 saturated carbocycles. The van der Waals surface area contributed by atoms with Gasteiger partial charge in [0.1, 0.15) is 6.61 Å². The van der Waals surface area contributed by atoms with Crippen LogP contribution in [0.2, 0.25) is 0 Å². The molecule has 0 unspecified atom stereocenters. The van der Waals surface area contributed by atoms with Crippen molar-refractivity contribution in [3.8, 4) is 11.5 Å². The van der Waals surface area contributed by atoms with Crippen molar-refractivity contribution in [3.63, 3.8) is 0 Å². The number of hydrogen-bond donors (Lipinski definition) is 0. The molecular formula is C24H34O4. The summed E-state index contributed by atoms with van der Waals surface area (Å²) in [7, 11) is 0. The Bertz CT molecular complexity index is 695. The molecule has 28 heavy (non-hydrogen) atoms. The summed E-state index contributed by atoms with van der Waals surface area (Å²) in [6.07, 6.45) is 10.2. The van der Waals surface area contributed by atoms with Gasteiger partial charge in [-0.25, -0.2) is 4.79 Å². The highest BCUT2D eigenvalue weighted by molar-refractivity contribution is 5.87. The van der Waals surface area contributed by atoms with E-state index in [9.17, 15) is 4.79 Å². The number of allylic oxidation sites excluding steroid dienone is 3. The minimum absolute atomic E-state index is 0.290. The highest BCUT2D eigenvalue weighted by Crippen LogP contribution is 2.29. The second-order valence-corrected chi connectivity index (χ2v) is 6.82. The van der Waals surface area contributed by atoms with Gasteiger partial charge in [-0.2, -0.15) is 0 Å². The van der Waals surface area contributed by atoms with Crippen LogP contribution in [0, 0.1) is 0 Å². The Hall–Kier alpha value is -2.49. The molecule has 4 heteroatoms. The van der Waals surface area contributed by atoms with Crippen LogP contribution in [0.4, 0.5) is 0 Å². The zero-order valence-electron chi connectivity index (χ0n) is 17.9. The smallest absolute Gasteiger partial charge is 0.331 e. The lowest BCUT2D eigenvalue weighted by Crippen LogP contribution is -2.01. The van der Waals surface area contributed by atoms with Crippen molar-refractivity contribution in [3.05, 3.63) is 53.1 Å². The van der Waals surface area contributed by atoms with E-state index in [1.807, 2.05) is 31.2 Å². The third-order valence-electron chi connectivity index (χ3n) is 3.89. The number of carbonyl (C=O) groups excluding carboxylic acids is 1. The SMILES string of the molecule is CCCOc1cc(C=CC(=O)OCC=C(C)CCC=C(C)C)ccc1OCC. The maximum Gasteiger partial charge on any atom is 0.331 e. The zero-order valence-corrected chi connectivity index (χ0v) is 17.9. The fourth-order valence-electron chi connectivity index (χ4n) is 2.40. The van der Waals surface area contributed by atoms with Gasteiger partial charge >= 0.3 is 5.97 Å². The van der Waals surface area contributed by atoms with Gasteiger partial charge in [0.2, 0.25) is 0 Å². The van der Waals surface area contributed by atoms with Gasteiger partial charge in [-0.15, -0.1) is 0 Å². The summed E-state index contributed by atoms with van der Waals surface area (Å²) in [6.45, 7) is 11.7. The van der Waals surface area contributed by atoms with Crippen LogP contribution in [0.3, 0.4) is 0 Å². The average Bonchev–Trinajstić information content (AvgIpc) is 2.66. The van der Waals surface area contributed by atoms with Crippen molar-refractivity contribution in [1.82, 2.24) is 0 Å². The average molecular weight is 387 g/mol. The number of benzene rings is 1. The molecule has 1 rings (SSSR count). The number of rotatable bonds is 12. The van der Waals surface area contributed by atoms with E-state index in [1.165, 1.54) is 17.2 Å². The normalized spacial score (nSPS) is 11.4. The summed E-state index contributed by atoms with van der Waals surface area (Å²) in [4.78, 5) is 11.9. The molecular weight excluding hydrogens is 352 g/mol. The number of carbonyl (C=O) groups is 1. The summed E-state index contributed by atoms with van der Waals surface area (Å²) in [5.41, 5.74) is 3.40. The Morgan fingerprint density at radius 2 is 1.82 bits per heavy atom. The van der Waals surface area contributed by atoms with E-state index in [-0.39, 0.29) is 12.6 Å². The van der Waals surface area contributed by atoms with Crippen LogP contribution in [0.25, 0.3) is 6.08 Å². The van der Waals surface area contributed by atoms with E-state index in [2.05, 4.69) is 33.8 Å². The lowest BCUT2D eigenvalue weighted by Gasteiger charge is -2.12. The van der Waals surface area contributed by atoms with Crippen LogP contribution < -0.4 is 9.47 Å². The van der Waals surface area contributed by atoms with Gasteiger partial charge in [-0.05, 0) is 76.8 Å². The minimum Gasteiger partial charge on any atom is -0.490 e. The topological polar surface area (TPSA) is 44.8 Å². The van der Waals surface area contributed by atoms with Crippen LogP contribution in [0.15, 0.2) is 47.6 Å². The molecule has 0 amide bonds. The van der Waals surface area contributed by atoms with Crippen molar-refractivity contribution in [2.45, 2.75) is 53.9 Å².